The van der Waals surface area contributed by atoms with E-state index in [0.717, 1.165) is 22.3 Å². The van der Waals surface area contributed by atoms with Gasteiger partial charge in [-0.05, 0) is 39.3 Å². The summed E-state index contributed by atoms with van der Waals surface area (Å²) in [7, 11) is 0. The summed E-state index contributed by atoms with van der Waals surface area (Å²) in [5.41, 5.74) is 5.69. The fraction of sp³-hybridized carbons (Fsp3) is 0.200. The number of hydrogen-bond acceptors (Lipinski definition) is 3. The highest BCUT2D eigenvalue weighted by atomic mass is 16.5. The van der Waals surface area contributed by atoms with Crippen LogP contribution in [0.5, 0.6) is 0 Å². The predicted molar refractivity (Wildman–Crippen MR) is 111 cm³/mol. The van der Waals surface area contributed by atoms with E-state index in [-0.39, 0.29) is 5.78 Å². The molecule has 3 aromatic carbocycles. The molecule has 0 amide bonds. The second kappa shape index (κ2) is 8.22. The summed E-state index contributed by atoms with van der Waals surface area (Å²) in [5, 5.41) is 0. The van der Waals surface area contributed by atoms with Crippen LogP contribution in [-0.2, 0) is 4.74 Å². The van der Waals surface area contributed by atoms with Gasteiger partial charge in [0, 0.05) is 11.1 Å². The Morgan fingerprint density at radius 2 is 1.25 bits per heavy atom. The first-order chi connectivity index (χ1) is 13.3. The molecule has 0 aliphatic carbocycles. The Bertz CT molecular complexity index is 999. The molecule has 0 aliphatic rings. The number of ketones is 1. The van der Waals surface area contributed by atoms with Crippen molar-refractivity contribution in [1.82, 2.24) is 0 Å². The van der Waals surface area contributed by atoms with Gasteiger partial charge in [0.1, 0.15) is 0 Å². The molecule has 0 bridgehead atoms. The monoisotopic (exact) mass is 372 g/mol. The number of carbonyl (C=O) groups excluding carboxylic acids is 2. The van der Waals surface area contributed by atoms with Crippen molar-refractivity contribution in [3.63, 3.8) is 0 Å². The molecular weight excluding hydrogens is 348 g/mol. The molecule has 0 aromatic heterocycles. The molecule has 0 radical (unpaired) electrons. The second-order valence-corrected chi connectivity index (χ2v) is 7.24. The molecule has 0 N–H and O–H groups in total. The summed E-state index contributed by atoms with van der Waals surface area (Å²) in [5.74, 6) is -0.731. The largest absolute Gasteiger partial charge is 0.445 e. The van der Waals surface area contributed by atoms with Gasteiger partial charge in [0.25, 0.3) is 0 Å². The van der Waals surface area contributed by atoms with Crippen LogP contribution in [0.2, 0.25) is 0 Å². The third-order valence-electron chi connectivity index (χ3n) is 4.78. The van der Waals surface area contributed by atoms with Crippen LogP contribution in [0.15, 0.2) is 66.7 Å². The van der Waals surface area contributed by atoms with E-state index in [9.17, 15) is 9.59 Å². The Morgan fingerprint density at radius 3 is 1.82 bits per heavy atom. The maximum absolute atomic E-state index is 13.2. The van der Waals surface area contributed by atoms with Gasteiger partial charge in [-0.25, -0.2) is 4.79 Å². The van der Waals surface area contributed by atoms with E-state index < -0.39 is 12.1 Å². The van der Waals surface area contributed by atoms with E-state index >= 15 is 0 Å². The van der Waals surface area contributed by atoms with Gasteiger partial charge in [-0.2, -0.15) is 0 Å². The Morgan fingerprint density at radius 1 is 0.714 bits per heavy atom. The molecule has 142 valence electrons. The summed E-state index contributed by atoms with van der Waals surface area (Å²) >= 11 is 0. The van der Waals surface area contributed by atoms with E-state index in [2.05, 4.69) is 0 Å². The lowest BCUT2D eigenvalue weighted by Gasteiger charge is -2.18. The van der Waals surface area contributed by atoms with Gasteiger partial charge < -0.3 is 4.74 Å². The lowest BCUT2D eigenvalue weighted by Crippen LogP contribution is -2.21. The number of esters is 1. The van der Waals surface area contributed by atoms with Crippen molar-refractivity contribution >= 4 is 11.8 Å². The fourth-order valence-corrected chi connectivity index (χ4v) is 3.10. The Labute approximate surface area is 166 Å². The van der Waals surface area contributed by atoms with Crippen molar-refractivity contribution in [3.05, 3.63) is 106 Å². The van der Waals surface area contributed by atoms with Crippen molar-refractivity contribution < 1.29 is 14.3 Å². The first-order valence-electron chi connectivity index (χ1n) is 9.31. The minimum Gasteiger partial charge on any atom is -0.445 e. The smallest absolute Gasteiger partial charge is 0.339 e. The first kappa shape index (κ1) is 19.6. The third-order valence-corrected chi connectivity index (χ3v) is 4.78. The van der Waals surface area contributed by atoms with Gasteiger partial charge in [-0.1, -0.05) is 77.4 Å². The molecule has 0 fully saturated rings. The highest BCUT2D eigenvalue weighted by molar-refractivity contribution is 6.02. The molecule has 0 saturated heterocycles. The Kier molecular flexibility index (Phi) is 5.74. The van der Waals surface area contributed by atoms with Crippen LogP contribution in [-0.4, -0.2) is 11.8 Å². The summed E-state index contributed by atoms with van der Waals surface area (Å²) in [6, 6.07) is 20.3. The Balaban J connectivity index is 1.96. The van der Waals surface area contributed by atoms with E-state index in [4.69, 9.17) is 4.74 Å². The summed E-state index contributed by atoms with van der Waals surface area (Å²) in [6.07, 6.45) is -0.989. The molecule has 3 rings (SSSR count). The molecule has 3 heteroatoms. The summed E-state index contributed by atoms with van der Waals surface area (Å²) < 4.78 is 5.74. The third kappa shape index (κ3) is 4.37. The molecule has 3 aromatic rings. The Hall–Kier alpha value is -3.20. The number of aryl methyl sites for hydroxylation is 4. The molecule has 0 aliphatic heterocycles. The molecule has 28 heavy (non-hydrogen) atoms. The van der Waals surface area contributed by atoms with Crippen LogP contribution in [0.4, 0.5) is 0 Å². The lowest BCUT2D eigenvalue weighted by atomic mass is 9.98. The SMILES string of the molecule is Cc1ccc(C(=O)[C@@H](OC(=O)c2ccc(C)cc2C)c2ccc(C)cc2)cc1. The molecule has 3 nitrogen and oxygen atoms in total. The highest BCUT2D eigenvalue weighted by Crippen LogP contribution is 2.25. The van der Waals surface area contributed by atoms with Crippen molar-refractivity contribution in [2.75, 3.05) is 0 Å². The van der Waals surface area contributed by atoms with Gasteiger partial charge in [0.05, 0.1) is 5.56 Å². The van der Waals surface area contributed by atoms with Crippen LogP contribution in [0.1, 0.15) is 54.6 Å². The molecule has 0 saturated carbocycles. The summed E-state index contributed by atoms with van der Waals surface area (Å²) in [4.78, 5) is 26.0. The second-order valence-electron chi connectivity index (χ2n) is 7.24. The van der Waals surface area contributed by atoms with Crippen LogP contribution >= 0.6 is 0 Å². The van der Waals surface area contributed by atoms with E-state index in [1.807, 2.05) is 76.2 Å². The number of hydrogen-bond donors (Lipinski definition) is 0. The van der Waals surface area contributed by atoms with Crippen molar-refractivity contribution in [1.29, 1.82) is 0 Å². The zero-order valence-corrected chi connectivity index (χ0v) is 16.7. The normalized spacial score (nSPS) is 11.7. The van der Waals surface area contributed by atoms with Crippen molar-refractivity contribution in [3.8, 4) is 0 Å². The zero-order chi connectivity index (χ0) is 20.3. The summed E-state index contributed by atoms with van der Waals surface area (Å²) in [6.45, 7) is 7.78. The minimum atomic E-state index is -0.989. The minimum absolute atomic E-state index is 0.234. The topological polar surface area (TPSA) is 43.4 Å². The zero-order valence-electron chi connectivity index (χ0n) is 16.7. The quantitative estimate of drug-likeness (QED) is 0.426. The average Bonchev–Trinajstić information content (AvgIpc) is 2.67. The fourth-order valence-electron chi connectivity index (χ4n) is 3.10. The van der Waals surface area contributed by atoms with Crippen LogP contribution < -0.4 is 0 Å². The van der Waals surface area contributed by atoms with E-state index in [1.165, 1.54) is 0 Å². The first-order valence-corrected chi connectivity index (χ1v) is 9.31. The van der Waals surface area contributed by atoms with Crippen molar-refractivity contribution in [2.24, 2.45) is 0 Å². The van der Waals surface area contributed by atoms with Crippen molar-refractivity contribution in [2.45, 2.75) is 33.8 Å². The highest BCUT2D eigenvalue weighted by Gasteiger charge is 2.27. The molecular formula is C25H24O3. The van der Waals surface area contributed by atoms with Gasteiger partial charge >= 0.3 is 5.97 Å². The van der Waals surface area contributed by atoms with Crippen LogP contribution in [0.25, 0.3) is 0 Å². The number of Topliss-reactive ketones (excluding diaryl/α,β-unsaturated/α-hetero) is 1. The molecule has 0 unspecified atom stereocenters. The molecule has 0 heterocycles. The average molecular weight is 372 g/mol. The number of benzene rings is 3. The number of rotatable bonds is 5. The lowest BCUT2D eigenvalue weighted by molar-refractivity contribution is 0.0279. The van der Waals surface area contributed by atoms with Crippen LogP contribution in [0.3, 0.4) is 0 Å². The van der Waals surface area contributed by atoms with E-state index in [1.54, 1.807) is 18.2 Å². The van der Waals surface area contributed by atoms with Gasteiger partial charge in [0.2, 0.25) is 5.78 Å². The van der Waals surface area contributed by atoms with E-state index in [0.29, 0.717) is 16.7 Å². The van der Waals surface area contributed by atoms with Crippen LogP contribution in [0, 0.1) is 27.7 Å². The maximum Gasteiger partial charge on any atom is 0.339 e. The van der Waals surface area contributed by atoms with Gasteiger partial charge in [0.15, 0.2) is 6.10 Å². The van der Waals surface area contributed by atoms with Gasteiger partial charge in [-0.15, -0.1) is 0 Å². The number of carbonyl (C=O) groups is 2. The molecule has 0 spiro atoms. The maximum atomic E-state index is 13.2. The van der Waals surface area contributed by atoms with Gasteiger partial charge in [-0.3, -0.25) is 4.79 Å². The molecule has 1 atom stereocenters. The standard InChI is InChI=1S/C25H24O3/c1-16-5-10-20(11-6-16)23(26)24(21-12-7-17(2)8-13-21)28-25(27)22-14-9-18(3)15-19(22)4/h5-15,24H,1-4H3/t24-/m0/s1. The number of ether oxygens (including phenoxy) is 1. The predicted octanol–water partition coefficient (Wildman–Crippen LogP) is 5.70.